The molecule has 3 aromatic rings. The molecule has 12 nitrogen and oxygen atoms in total. The number of hydrogen-bond acceptors (Lipinski definition) is 10. The van der Waals surface area contributed by atoms with Gasteiger partial charge >= 0.3 is 0 Å². The molecule has 35 heavy (non-hydrogen) atoms. The lowest BCUT2D eigenvalue weighted by Crippen LogP contribution is -2.33. The van der Waals surface area contributed by atoms with E-state index in [0.29, 0.717) is 35.0 Å². The van der Waals surface area contributed by atoms with Gasteiger partial charge in [-0.2, -0.15) is 0 Å². The summed E-state index contributed by atoms with van der Waals surface area (Å²) in [7, 11) is 4.41. The zero-order chi connectivity index (χ0) is 26.3. The van der Waals surface area contributed by atoms with Gasteiger partial charge in [-0.25, -0.2) is 13.0 Å². The molecule has 0 fully saturated rings. The molecule has 1 aromatic heterocycles. The van der Waals surface area contributed by atoms with Crippen LogP contribution in [0.3, 0.4) is 0 Å². The zero-order valence-electron chi connectivity index (χ0n) is 20.1. The fourth-order valence-corrected chi connectivity index (χ4v) is 3.38. The van der Waals surface area contributed by atoms with E-state index in [-0.39, 0.29) is 5.69 Å². The van der Waals surface area contributed by atoms with Crippen LogP contribution in [0.4, 0.5) is 5.69 Å². The van der Waals surface area contributed by atoms with Gasteiger partial charge in [0.2, 0.25) is 10.4 Å². The fourth-order valence-electron chi connectivity index (χ4n) is 3.38. The molecule has 190 valence electrons. The highest BCUT2D eigenvalue weighted by Crippen LogP contribution is 2.37. The Hall–Kier alpha value is -3.68. The lowest BCUT2D eigenvalue weighted by Gasteiger charge is -2.12. The predicted octanol–water partition coefficient (Wildman–Crippen LogP) is 2.29. The van der Waals surface area contributed by atoms with Crippen molar-refractivity contribution in [2.24, 2.45) is 7.05 Å². The van der Waals surface area contributed by atoms with Crippen molar-refractivity contribution in [1.29, 1.82) is 0 Å². The molecule has 0 amide bonds. The van der Waals surface area contributed by atoms with Crippen LogP contribution in [-0.2, 0) is 28.1 Å². The first kappa shape index (κ1) is 27.6. The predicted molar refractivity (Wildman–Crippen MR) is 124 cm³/mol. The van der Waals surface area contributed by atoms with Crippen LogP contribution in [0.25, 0.3) is 10.8 Å². The lowest BCUT2D eigenvalue weighted by atomic mass is 10.0. The molecule has 0 unspecified atom stereocenters. The van der Waals surface area contributed by atoms with Crippen molar-refractivity contribution in [2.45, 2.75) is 6.42 Å². The van der Waals surface area contributed by atoms with Crippen LogP contribution in [0.5, 0.6) is 23.0 Å². The number of methoxy groups -OCH3 is 4. The molecule has 0 aliphatic heterocycles. The second kappa shape index (κ2) is 11.6. The van der Waals surface area contributed by atoms with Crippen LogP contribution in [-0.4, -0.2) is 53.4 Å². The second-order valence-electron chi connectivity index (χ2n) is 7.01. The summed E-state index contributed by atoms with van der Waals surface area (Å²) in [6.07, 6.45) is 2.23. The normalized spacial score (nSPS) is 10.8. The third-order valence-electron chi connectivity index (χ3n) is 5.11. The van der Waals surface area contributed by atoms with Crippen LogP contribution < -0.4 is 23.5 Å². The number of aromatic nitrogens is 1. The van der Waals surface area contributed by atoms with Gasteiger partial charge in [-0.15, -0.1) is 0 Å². The summed E-state index contributed by atoms with van der Waals surface area (Å²) in [5.74, 6) is 1.97. The molecule has 0 spiro atoms. The van der Waals surface area contributed by atoms with Gasteiger partial charge in [-0.3, -0.25) is 14.3 Å². The molecule has 0 saturated carbocycles. The molecule has 3 rings (SSSR count). The third kappa shape index (κ3) is 6.68. The molecule has 0 atom stereocenters. The van der Waals surface area contributed by atoms with Crippen molar-refractivity contribution in [2.75, 3.05) is 35.5 Å². The fraction of sp³-hybridized carbons (Fsp3) is 0.318. The van der Waals surface area contributed by atoms with Gasteiger partial charge in [-0.05, 0) is 23.6 Å². The van der Waals surface area contributed by atoms with Crippen LogP contribution in [0.1, 0.15) is 11.3 Å². The number of rotatable bonds is 8. The Balaban J connectivity index is 0.000000641. The van der Waals surface area contributed by atoms with E-state index in [1.807, 2.05) is 36.0 Å². The van der Waals surface area contributed by atoms with E-state index in [4.69, 9.17) is 18.9 Å². The highest BCUT2D eigenvalue weighted by Gasteiger charge is 2.24. The summed E-state index contributed by atoms with van der Waals surface area (Å²) in [5, 5.41) is 13.5. The Labute approximate surface area is 202 Å². The number of nitro groups is 1. The maximum atomic E-state index is 11.7. The molecular weight excluding hydrogens is 484 g/mol. The standard InChI is InChI=1S/C21H23N2O6.CH4O4S/c1-22-7-6-13-9-18(26-2)20(28-4)11-15(13)17(22)8-14-10-19(27-3)21(29-5)12-16(14)23(24)25;1-5-6(2,3)4/h6-7,9-12H,8H2,1-5H3;1H3,(H,2,3,4)/q+1;/p-1. The average Bonchev–Trinajstić information content (AvgIpc) is 2.84. The Morgan fingerprint density at radius 1 is 0.886 bits per heavy atom. The van der Waals surface area contributed by atoms with Gasteiger partial charge in [0, 0.05) is 11.6 Å². The zero-order valence-corrected chi connectivity index (χ0v) is 20.9. The molecule has 0 N–H and O–H groups in total. The molecule has 0 aliphatic rings. The van der Waals surface area contributed by atoms with Crippen molar-refractivity contribution in [3.8, 4) is 23.0 Å². The number of benzene rings is 2. The molecule has 0 bridgehead atoms. The Morgan fingerprint density at radius 3 is 1.86 bits per heavy atom. The van der Waals surface area contributed by atoms with E-state index in [0.717, 1.165) is 23.6 Å². The van der Waals surface area contributed by atoms with Crippen LogP contribution in [0, 0.1) is 10.1 Å². The van der Waals surface area contributed by atoms with E-state index in [2.05, 4.69) is 4.18 Å². The largest absolute Gasteiger partial charge is 0.726 e. The minimum Gasteiger partial charge on any atom is -0.726 e. The SMILES string of the molecule is COS(=O)(=O)[O-].COc1cc(Cc2c3cc(OC)c(OC)cc3cc[n+]2C)c([N+](=O)[O-])cc1OC. The summed E-state index contributed by atoms with van der Waals surface area (Å²) in [5.41, 5.74) is 1.38. The Morgan fingerprint density at radius 2 is 1.37 bits per heavy atom. The maximum Gasteiger partial charge on any atom is 0.277 e. The minimum absolute atomic E-state index is 0.0277. The van der Waals surface area contributed by atoms with E-state index in [1.54, 1.807) is 20.3 Å². The summed E-state index contributed by atoms with van der Waals surface area (Å²) in [6.45, 7) is 0. The monoisotopic (exact) mass is 510 g/mol. The van der Waals surface area contributed by atoms with Crippen molar-refractivity contribution < 1.29 is 45.6 Å². The molecule has 2 aromatic carbocycles. The number of nitro benzene ring substituents is 1. The van der Waals surface area contributed by atoms with E-state index in [1.165, 1.54) is 20.3 Å². The van der Waals surface area contributed by atoms with Crippen molar-refractivity contribution >= 4 is 26.9 Å². The van der Waals surface area contributed by atoms with Gasteiger partial charge in [0.1, 0.15) is 7.05 Å². The highest BCUT2D eigenvalue weighted by molar-refractivity contribution is 7.80. The van der Waals surface area contributed by atoms with Gasteiger partial charge in [0.25, 0.3) is 5.69 Å². The van der Waals surface area contributed by atoms with E-state index in [9.17, 15) is 23.1 Å². The topological polar surface area (TPSA) is 150 Å². The van der Waals surface area contributed by atoms with E-state index < -0.39 is 15.3 Å². The summed E-state index contributed by atoms with van der Waals surface area (Å²) in [6, 6.07) is 8.78. The van der Waals surface area contributed by atoms with Gasteiger partial charge in [0.15, 0.2) is 34.9 Å². The molecule has 13 heteroatoms. The second-order valence-corrected chi connectivity index (χ2v) is 8.16. The number of nitrogens with zero attached hydrogens (tertiary/aromatic N) is 2. The molecular formula is C22H26N2O10S. The molecule has 0 radical (unpaired) electrons. The number of pyridine rings is 1. The van der Waals surface area contributed by atoms with Crippen molar-refractivity contribution in [3.63, 3.8) is 0 Å². The van der Waals surface area contributed by atoms with Gasteiger partial charge in [-0.1, -0.05) is 0 Å². The summed E-state index contributed by atoms with van der Waals surface area (Å²) in [4.78, 5) is 11.3. The van der Waals surface area contributed by atoms with Crippen LogP contribution in [0.2, 0.25) is 0 Å². The van der Waals surface area contributed by atoms with Gasteiger partial charge in [0.05, 0.1) is 58.3 Å². The first-order chi connectivity index (χ1) is 16.5. The number of aryl methyl sites for hydroxylation is 1. The lowest BCUT2D eigenvalue weighted by molar-refractivity contribution is -0.677. The van der Waals surface area contributed by atoms with Crippen LogP contribution >= 0.6 is 0 Å². The number of hydrogen-bond donors (Lipinski definition) is 0. The number of ether oxygens (including phenoxy) is 4. The molecule has 0 aliphatic carbocycles. The molecule has 1 heterocycles. The van der Waals surface area contributed by atoms with Gasteiger partial charge < -0.3 is 23.5 Å². The first-order valence-corrected chi connectivity index (χ1v) is 11.3. The Bertz CT molecular complexity index is 1330. The molecule has 0 saturated heterocycles. The quantitative estimate of drug-likeness (QED) is 0.145. The summed E-state index contributed by atoms with van der Waals surface area (Å²) >= 11 is 0. The first-order valence-electron chi connectivity index (χ1n) is 9.93. The highest BCUT2D eigenvalue weighted by atomic mass is 32.3. The average molecular weight is 511 g/mol. The minimum atomic E-state index is -4.41. The van der Waals surface area contributed by atoms with Crippen LogP contribution in [0.15, 0.2) is 36.5 Å². The maximum absolute atomic E-state index is 11.7. The smallest absolute Gasteiger partial charge is 0.277 e. The Kier molecular flexibility index (Phi) is 9.17. The van der Waals surface area contributed by atoms with Crippen molar-refractivity contribution in [3.05, 3.63) is 57.9 Å². The third-order valence-corrected chi connectivity index (χ3v) is 5.52. The summed E-state index contributed by atoms with van der Waals surface area (Å²) < 4.78 is 54.3. The van der Waals surface area contributed by atoms with Crippen molar-refractivity contribution in [1.82, 2.24) is 0 Å². The van der Waals surface area contributed by atoms with E-state index >= 15 is 0 Å². The number of fused-ring (bicyclic) bond motifs is 1.